The van der Waals surface area contributed by atoms with Crippen molar-refractivity contribution in [1.82, 2.24) is 15.5 Å². The van der Waals surface area contributed by atoms with Gasteiger partial charge in [0.1, 0.15) is 31.4 Å². The number of rotatable bonds is 20. The molecule has 0 unspecified atom stereocenters. The van der Waals surface area contributed by atoms with E-state index in [1.807, 2.05) is 26.0 Å². The van der Waals surface area contributed by atoms with Gasteiger partial charge in [-0.1, -0.05) is 102 Å². The minimum atomic E-state index is -1.65. The molecular weight excluding hydrogens is 681 g/mol. The number of aliphatic hydroxyl groups excluding tert-OH is 2. The average Bonchev–Trinajstić information content (AvgIpc) is 3.11. The van der Waals surface area contributed by atoms with E-state index < -0.39 is 72.2 Å². The summed E-state index contributed by atoms with van der Waals surface area (Å²) in [7, 11) is 0. The number of ether oxygens (including phenoxy) is 2. The standard InChI is InChI=1S/C36H54N4O8S2/c1-7-49-21-27(37)31(41)32(42)28(22-50-8-2)40(33(43)29(23(3)4)38-35(45)47-19-25-15-11-9-12-16-25)34(44)30(24(5)6)39-36(46)48-20-26-17-13-10-14-18-26/h9-18,23-24,27-32,41-42H,7-8,19-22,37H2,1-6H3,(H,38,45)(H,39,46)/t27-,28-,29-,30-,31+,32+/m0/s1. The number of thioether (sulfide) groups is 2. The van der Waals surface area contributed by atoms with Crippen LogP contribution in [0.25, 0.3) is 0 Å². The van der Waals surface area contributed by atoms with E-state index in [2.05, 4.69) is 10.6 Å². The summed E-state index contributed by atoms with van der Waals surface area (Å²) in [6.07, 6.45) is -4.91. The fraction of sp³-hybridized carbons (Fsp3) is 0.556. The Balaban J connectivity index is 2.49. The number of carbonyl (C=O) groups excluding carboxylic acids is 4. The lowest BCUT2D eigenvalue weighted by molar-refractivity contribution is -0.156. The second-order valence-electron chi connectivity index (χ2n) is 12.4. The lowest BCUT2D eigenvalue weighted by Gasteiger charge is -2.40. The third kappa shape index (κ3) is 13.8. The molecular formula is C36H54N4O8S2. The lowest BCUT2D eigenvalue weighted by Crippen LogP contribution is -2.65. The fourth-order valence-corrected chi connectivity index (χ4v) is 6.47. The highest BCUT2D eigenvalue weighted by Crippen LogP contribution is 2.23. The Morgan fingerprint density at radius 1 is 0.700 bits per heavy atom. The molecule has 278 valence electrons. The Kier molecular flexibility index (Phi) is 19.3. The predicted molar refractivity (Wildman–Crippen MR) is 198 cm³/mol. The van der Waals surface area contributed by atoms with Crippen molar-refractivity contribution in [3.05, 3.63) is 71.8 Å². The van der Waals surface area contributed by atoms with Crippen LogP contribution >= 0.6 is 23.5 Å². The van der Waals surface area contributed by atoms with E-state index in [9.17, 15) is 29.4 Å². The van der Waals surface area contributed by atoms with Gasteiger partial charge < -0.3 is 36.1 Å². The van der Waals surface area contributed by atoms with Crippen molar-refractivity contribution < 1.29 is 38.9 Å². The zero-order valence-corrected chi connectivity index (χ0v) is 31.5. The van der Waals surface area contributed by atoms with E-state index in [1.165, 1.54) is 23.5 Å². The van der Waals surface area contributed by atoms with E-state index in [1.54, 1.807) is 76.2 Å². The van der Waals surface area contributed by atoms with E-state index in [4.69, 9.17) is 15.2 Å². The monoisotopic (exact) mass is 734 g/mol. The second kappa shape index (κ2) is 22.5. The maximum atomic E-state index is 14.6. The van der Waals surface area contributed by atoms with Crippen molar-refractivity contribution >= 4 is 47.5 Å². The first-order chi connectivity index (χ1) is 23.8. The van der Waals surface area contributed by atoms with Crippen molar-refractivity contribution in [2.45, 2.75) is 91.1 Å². The van der Waals surface area contributed by atoms with Crippen LogP contribution in [0.4, 0.5) is 9.59 Å². The fourth-order valence-electron chi connectivity index (χ4n) is 4.94. The Morgan fingerprint density at radius 2 is 1.10 bits per heavy atom. The van der Waals surface area contributed by atoms with Crippen LogP contribution in [-0.2, 0) is 32.3 Å². The SMILES string of the molecule is CCSC[C@H](N)[C@@H](O)[C@H](O)[C@H](CSCC)N(C(=O)[C@@H](NC(=O)OCc1ccccc1)C(C)C)C(=O)[C@@H](NC(=O)OCc1ccccc1)C(C)C. The Hall–Kier alpha value is -3.30. The Labute approximate surface area is 304 Å². The Morgan fingerprint density at radius 3 is 1.48 bits per heavy atom. The molecule has 4 amide bonds. The number of aliphatic hydroxyl groups is 2. The number of nitrogens with one attached hydrogen (secondary N) is 2. The van der Waals surface area contributed by atoms with Crippen LogP contribution in [-0.4, -0.2) is 98.5 Å². The van der Waals surface area contributed by atoms with Gasteiger partial charge in [0.25, 0.3) is 11.8 Å². The van der Waals surface area contributed by atoms with Crippen LogP contribution in [0.15, 0.2) is 60.7 Å². The topological polar surface area (TPSA) is 181 Å². The highest BCUT2D eigenvalue weighted by atomic mass is 32.2. The van der Waals surface area contributed by atoms with Gasteiger partial charge in [-0.05, 0) is 34.5 Å². The molecule has 0 fully saturated rings. The number of nitrogens with two attached hydrogens (primary N) is 1. The number of hydrogen-bond donors (Lipinski definition) is 5. The van der Waals surface area contributed by atoms with Gasteiger partial charge in [0, 0.05) is 17.5 Å². The molecule has 2 rings (SSSR count). The Bertz CT molecular complexity index is 1240. The summed E-state index contributed by atoms with van der Waals surface area (Å²) in [5, 5.41) is 28.1. The number of hydrogen-bond acceptors (Lipinski definition) is 11. The van der Waals surface area contributed by atoms with Gasteiger partial charge in [0.05, 0.1) is 12.1 Å². The first kappa shape index (κ1) is 42.9. The molecule has 0 aliphatic heterocycles. The third-order valence-corrected chi connectivity index (χ3v) is 9.85. The number of alkyl carbamates (subject to hydrolysis) is 2. The molecule has 0 aliphatic carbocycles. The molecule has 0 bridgehead atoms. The summed E-state index contributed by atoms with van der Waals surface area (Å²) in [5.41, 5.74) is 7.74. The van der Waals surface area contributed by atoms with E-state index in [-0.39, 0.29) is 19.0 Å². The van der Waals surface area contributed by atoms with Gasteiger partial charge >= 0.3 is 12.2 Å². The first-order valence-corrected chi connectivity index (χ1v) is 19.2. The summed E-state index contributed by atoms with van der Waals surface area (Å²) in [5.74, 6) is -1.06. The molecule has 6 N–H and O–H groups in total. The maximum Gasteiger partial charge on any atom is 0.408 e. The van der Waals surface area contributed by atoms with Crippen LogP contribution in [0.3, 0.4) is 0 Å². The smallest absolute Gasteiger partial charge is 0.408 e. The van der Waals surface area contributed by atoms with Crippen LogP contribution < -0.4 is 16.4 Å². The number of imide groups is 1. The van der Waals surface area contributed by atoms with E-state index >= 15 is 0 Å². The number of benzene rings is 2. The molecule has 0 heterocycles. The summed E-state index contributed by atoms with van der Waals surface area (Å²) in [4.78, 5) is 56.1. The largest absolute Gasteiger partial charge is 0.445 e. The van der Waals surface area contributed by atoms with Crippen molar-refractivity contribution in [3.8, 4) is 0 Å². The summed E-state index contributed by atoms with van der Waals surface area (Å²) >= 11 is 2.82. The van der Waals surface area contributed by atoms with Crippen LogP contribution in [0, 0.1) is 11.8 Å². The van der Waals surface area contributed by atoms with Gasteiger partial charge in [0.15, 0.2) is 0 Å². The summed E-state index contributed by atoms with van der Waals surface area (Å²) < 4.78 is 10.8. The molecule has 0 radical (unpaired) electrons. The highest BCUT2D eigenvalue weighted by Gasteiger charge is 2.45. The van der Waals surface area contributed by atoms with Gasteiger partial charge in [-0.15, -0.1) is 0 Å². The van der Waals surface area contributed by atoms with Crippen molar-refractivity contribution in [2.75, 3.05) is 23.0 Å². The number of amides is 4. The normalized spacial score (nSPS) is 14.9. The minimum absolute atomic E-state index is 0.0480. The van der Waals surface area contributed by atoms with Crippen molar-refractivity contribution in [1.29, 1.82) is 0 Å². The molecule has 0 aromatic heterocycles. The zero-order chi connectivity index (χ0) is 37.2. The molecule has 2 aromatic carbocycles. The first-order valence-electron chi connectivity index (χ1n) is 16.9. The van der Waals surface area contributed by atoms with E-state index in [0.717, 1.165) is 21.8 Å². The van der Waals surface area contributed by atoms with Crippen molar-refractivity contribution in [3.63, 3.8) is 0 Å². The quantitative estimate of drug-likeness (QED) is 0.132. The second-order valence-corrected chi connectivity index (χ2v) is 15.1. The highest BCUT2D eigenvalue weighted by molar-refractivity contribution is 7.99. The summed E-state index contributed by atoms with van der Waals surface area (Å²) in [6.45, 7) is 10.5. The molecule has 0 saturated carbocycles. The van der Waals surface area contributed by atoms with E-state index in [0.29, 0.717) is 11.5 Å². The van der Waals surface area contributed by atoms with Crippen LogP contribution in [0.5, 0.6) is 0 Å². The zero-order valence-electron chi connectivity index (χ0n) is 29.8. The summed E-state index contributed by atoms with van der Waals surface area (Å²) in [6, 6.07) is 13.3. The van der Waals surface area contributed by atoms with Gasteiger partial charge in [-0.3, -0.25) is 14.5 Å². The van der Waals surface area contributed by atoms with Gasteiger partial charge in [0.2, 0.25) is 0 Å². The predicted octanol–water partition coefficient (Wildman–Crippen LogP) is 4.17. The van der Waals surface area contributed by atoms with Crippen molar-refractivity contribution in [2.24, 2.45) is 17.6 Å². The average molecular weight is 735 g/mol. The van der Waals surface area contributed by atoms with Crippen LogP contribution in [0.2, 0.25) is 0 Å². The minimum Gasteiger partial charge on any atom is -0.445 e. The molecule has 50 heavy (non-hydrogen) atoms. The van der Waals surface area contributed by atoms with Gasteiger partial charge in [-0.25, -0.2) is 9.59 Å². The molecule has 12 nitrogen and oxygen atoms in total. The van der Waals surface area contributed by atoms with Gasteiger partial charge in [-0.2, -0.15) is 23.5 Å². The maximum absolute atomic E-state index is 14.6. The molecule has 14 heteroatoms. The molecule has 0 spiro atoms. The number of carbonyl (C=O) groups is 4. The number of nitrogens with zero attached hydrogens (tertiary/aromatic N) is 1. The molecule has 0 saturated heterocycles. The molecule has 0 aliphatic rings. The molecule has 2 aromatic rings. The third-order valence-electron chi connectivity index (χ3n) is 7.83. The molecule has 6 atom stereocenters. The lowest BCUT2D eigenvalue weighted by atomic mass is 9.95. The van der Waals surface area contributed by atoms with Crippen LogP contribution in [0.1, 0.15) is 52.7 Å².